The first-order chi connectivity index (χ1) is 18.0. The summed E-state index contributed by atoms with van der Waals surface area (Å²) in [4.78, 5) is 22.6. The van der Waals surface area contributed by atoms with Crippen molar-refractivity contribution in [1.82, 2.24) is 9.80 Å². The van der Waals surface area contributed by atoms with E-state index in [0.717, 1.165) is 74.4 Å². The maximum atomic E-state index is 14.7. The monoisotopic (exact) mass is 505 g/mol. The van der Waals surface area contributed by atoms with Crippen LogP contribution >= 0.6 is 0 Å². The molecule has 2 fully saturated rings. The molecule has 1 saturated heterocycles. The van der Waals surface area contributed by atoms with Crippen LogP contribution in [0, 0.1) is 17.2 Å². The third-order valence-corrected chi connectivity index (χ3v) is 9.14. The molecule has 3 heterocycles. The predicted octanol–water partition coefficient (Wildman–Crippen LogP) is 4.37. The standard InChI is InChI=1S/C30H36FN3O3/c1-37-22-10-11-23-25(16-22)32-28-26(18-35)34(17-21-8-4-5-9-24(21)31)19-30(27(23)28)12-14-33(15-13-30)29(36)20-6-2-3-7-20/h4-5,8-9,11,16,20,26,35H,2-3,6-7,10,12-15,17-19H2,1H3/t26-/m1/s1. The van der Waals surface area contributed by atoms with Crippen LogP contribution in [0.5, 0.6) is 0 Å². The first kappa shape index (κ1) is 24.6. The van der Waals surface area contributed by atoms with Crippen LogP contribution in [0.25, 0.3) is 0 Å². The molecular weight excluding hydrogens is 469 g/mol. The lowest BCUT2D eigenvalue weighted by Gasteiger charge is -2.51. The number of hydrogen-bond acceptors (Lipinski definition) is 5. The zero-order valence-corrected chi connectivity index (χ0v) is 21.6. The SMILES string of the molecule is COC1=CC2=NC3=C(C2=CC1)C1(CCN(C(=O)C2CCCC2)CC1)CN(Cc1ccccc1F)[C@@H]3CO. The van der Waals surface area contributed by atoms with Gasteiger partial charge >= 0.3 is 0 Å². The molecule has 1 saturated carbocycles. The normalized spacial score (nSPS) is 25.5. The summed E-state index contributed by atoms with van der Waals surface area (Å²) in [5.41, 5.74) is 4.59. The van der Waals surface area contributed by atoms with Crippen LogP contribution in [0.15, 0.2) is 64.0 Å². The van der Waals surface area contributed by atoms with Gasteiger partial charge < -0.3 is 14.7 Å². The Labute approximate surface area is 218 Å². The van der Waals surface area contributed by atoms with Crippen LogP contribution in [0.4, 0.5) is 4.39 Å². The molecular formula is C30H36FN3O3. The molecule has 3 aliphatic heterocycles. The average Bonchev–Trinajstić information content (AvgIpc) is 3.59. The molecule has 1 N–H and O–H groups in total. The fourth-order valence-electron chi connectivity index (χ4n) is 7.14. The summed E-state index contributed by atoms with van der Waals surface area (Å²) in [6, 6.07) is 6.57. The number of halogens is 1. The van der Waals surface area contributed by atoms with E-state index in [1.807, 2.05) is 18.2 Å². The Morgan fingerprint density at radius 1 is 1.22 bits per heavy atom. The van der Waals surface area contributed by atoms with E-state index >= 15 is 0 Å². The summed E-state index contributed by atoms with van der Waals surface area (Å²) in [6.45, 7) is 2.49. The van der Waals surface area contributed by atoms with E-state index in [9.17, 15) is 14.3 Å². The lowest BCUT2D eigenvalue weighted by molar-refractivity contribution is -0.137. The number of carbonyl (C=O) groups excluding carboxylic acids is 1. The summed E-state index contributed by atoms with van der Waals surface area (Å²) >= 11 is 0. The van der Waals surface area contributed by atoms with Gasteiger partial charge in [-0.05, 0) is 37.3 Å². The van der Waals surface area contributed by atoms with E-state index in [1.165, 1.54) is 11.6 Å². The Kier molecular flexibility index (Phi) is 6.53. The third kappa shape index (κ3) is 4.26. The number of aliphatic hydroxyl groups excluding tert-OH is 1. The van der Waals surface area contributed by atoms with Gasteiger partial charge in [-0.2, -0.15) is 0 Å². The van der Waals surface area contributed by atoms with Gasteiger partial charge in [0.2, 0.25) is 5.91 Å². The number of aliphatic hydroxyl groups is 1. The summed E-state index contributed by atoms with van der Waals surface area (Å²) < 4.78 is 20.2. The molecule has 1 aromatic carbocycles. The number of ether oxygens (including phenoxy) is 1. The fraction of sp³-hybridized carbons (Fsp3) is 0.533. The van der Waals surface area contributed by atoms with Gasteiger partial charge in [-0.25, -0.2) is 4.39 Å². The smallest absolute Gasteiger partial charge is 0.225 e. The van der Waals surface area contributed by atoms with E-state index in [1.54, 1.807) is 13.2 Å². The number of rotatable bonds is 5. The Morgan fingerprint density at radius 3 is 2.68 bits per heavy atom. The minimum absolute atomic E-state index is 0.0828. The molecule has 2 aliphatic carbocycles. The minimum atomic E-state index is -0.309. The van der Waals surface area contributed by atoms with Gasteiger partial charge in [0.25, 0.3) is 0 Å². The highest BCUT2D eigenvalue weighted by Crippen LogP contribution is 2.52. The number of allylic oxidation sites excluding steroid dienone is 3. The van der Waals surface area contributed by atoms with Crippen molar-refractivity contribution >= 4 is 11.6 Å². The number of likely N-dealkylation sites (tertiary alicyclic amines) is 1. The summed E-state index contributed by atoms with van der Waals surface area (Å²) in [6.07, 6.45) is 11.0. The first-order valence-electron chi connectivity index (χ1n) is 13.7. The van der Waals surface area contributed by atoms with Crippen molar-refractivity contribution < 1.29 is 19.0 Å². The number of carbonyl (C=O) groups is 1. The Balaban J connectivity index is 1.34. The highest BCUT2D eigenvalue weighted by molar-refractivity contribution is 6.15. The zero-order chi connectivity index (χ0) is 25.6. The highest BCUT2D eigenvalue weighted by Gasteiger charge is 2.51. The predicted molar refractivity (Wildman–Crippen MR) is 140 cm³/mol. The number of aliphatic imine (C=N–C) groups is 1. The Morgan fingerprint density at radius 2 is 1.97 bits per heavy atom. The molecule has 6 nitrogen and oxygen atoms in total. The van der Waals surface area contributed by atoms with Crippen LogP contribution in [0.3, 0.4) is 0 Å². The number of nitrogens with zero attached hydrogens (tertiary/aromatic N) is 3. The molecule has 1 aromatic rings. The second kappa shape index (κ2) is 9.84. The molecule has 7 heteroatoms. The second-order valence-electron chi connectivity index (χ2n) is 11.2. The summed E-state index contributed by atoms with van der Waals surface area (Å²) in [7, 11) is 1.68. The van der Waals surface area contributed by atoms with Crippen LogP contribution in [-0.4, -0.2) is 65.9 Å². The lowest BCUT2D eigenvalue weighted by Crippen LogP contribution is -2.55. The van der Waals surface area contributed by atoms with Gasteiger partial charge in [-0.3, -0.25) is 14.7 Å². The molecule has 0 aromatic heterocycles. The van der Waals surface area contributed by atoms with E-state index in [0.29, 0.717) is 31.0 Å². The maximum absolute atomic E-state index is 14.7. The fourth-order valence-corrected chi connectivity index (χ4v) is 7.14. The van der Waals surface area contributed by atoms with E-state index in [4.69, 9.17) is 9.73 Å². The van der Waals surface area contributed by atoms with Crippen molar-refractivity contribution in [1.29, 1.82) is 0 Å². The first-order valence-corrected chi connectivity index (χ1v) is 13.7. The molecule has 6 rings (SSSR count). The molecule has 1 spiro atoms. The van der Waals surface area contributed by atoms with Crippen molar-refractivity contribution in [2.75, 3.05) is 33.4 Å². The number of benzene rings is 1. The second-order valence-corrected chi connectivity index (χ2v) is 11.2. The molecule has 0 unspecified atom stereocenters. The van der Waals surface area contributed by atoms with Crippen LogP contribution < -0.4 is 0 Å². The van der Waals surface area contributed by atoms with Crippen molar-refractivity contribution in [3.8, 4) is 0 Å². The third-order valence-electron chi connectivity index (χ3n) is 9.14. The van der Waals surface area contributed by atoms with Gasteiger partial charge in [-0.15, -0.1) is 0 Å². The van der Waals surface area contributed by atoms with Crippen molar-refractivity contribution in [3.05, 3.63) is 70.4 Å². The van der Waals surface area contributed by atoms with Crippen molar-refractivity contribution in [2.45, 2.75) is 57.5 Å². The minimum Gasteiger partial charge on any atom is -0.501 e. The largest absolute Gasteiger partial charge is 0.501 e. The van der Waals surface area contributed by atoms with E-state index in [2.05, 4.69) is 15.9 Å². The zero-order valence-electron chi connectivity index (χ0n) is 21.6. The number of hydrogen-bond donors (Lipinski definition) is 1. The van der Waals surface area contributed by atoms with Gasteiger partial charge in [0.15, 0.2) is 0 Å². The quantitative estimate of drug-likeness (QED) is 0.646. The number of piperidine rings is 1. The molecule has 196 valence electrons. The summed E-state index contributed by atoms with van der Waals surface area (Å²) in [5.74, 6) is 1.15. The van der Waals surface area contributed by atoms with E-state index in [-0.39, 0.29) is 29.8 Å². The Hall–Kier alpha value is -2.77. The molecule has 0 bridgehead atoms. The van der Waals surface area contributed by atoms with Gasteiger partial charge in [0.1, 0.15) is 11.6 Å². The lowest BCUT2D eigenvalue weighted by atomic mass is 9.65. The van der Waals surface area contributed by atoms with Gasteiger partial charge in [0, 0.05) is 61.1 Å². The topological polar surface area (TPSA) is 65.4 Å². The van der Waals surface area contributed by atoms with Gasteiger partial charge in [0.05, 0.1) is 31.2 Å². The van der Waals surface area contributed by atoms with Crippen LogP contribution in [-0.2, 0) is 16.1 Å². The molecule has 0 radical (unpaired) electrons. The van der Waals surface area contributed by atoms with Crippen molar-refractivity contribution in [3.63, 3.8) is 0 Å². The molecule has 1 atom stereocenters. The van der Waals surface area contributed by atoms with Crippen molar-refractivity contribution in [2.24, 2.45) is 16.3 Å². The Bertz CT molecular complexity index is 1200. The van der Waals surface area contributed by atoms with Gasteiger partial charge in [-0.1, -0.05) is 37.1 Å². The average molecular weight is 506 g/mol. The number of fused-ring (bicyclic) bond motifs is 3. The maximum Gasteiger partial charge on any atom is 0.225 e. The number of amides is 1. The highest BCUT2D eigenvalue weighted by atomic mass is 19.1. The van der Waals surface area contributed by atoms with Crippen LogP contribution in [0.2, 0.25) is 0 Å². The molecule has 1 amide bonds. The van der Waals surface area contributed by atoms with Crippen LogP contribution in [0.1, 0.15) is 50.5 Å². The number of methoxy groups -OCH3 is 1. The summed E-state index contributed by atoms with van der Waals surface area (Å²) in [5, 5.41) is 10.6. The molecule has 37 heavy (non-hydrogen) atoms. The van der Waals surface area contributed by atoms with E-state index < -0.39 is 0 Å². The molecule has 5 aliphatic rings.